The lowest BCUT2D eigenvalue weighted by Gasteiger charge is -2.17. The van der Waals surface area contributed by atoms with Gasteiger partial charge in [0.1, 0.15) is 6.54 Å². The molecule has 0 aliphatic rings. The van der Waals surface area contributed by atoms with Crippen molar-refractivity contribution in [1.29, 1.82) is 0 Å². The smallest absolute Gasteiger partial charge is 0.407 e. The first-order chi connectivity index (χ1) is 12.8. The summed E-state index contributed by atoms with van der Waals surface area (Å²) in [7, 11) is 0. The largest absolute Gasteiger partial charge is 0.464 e. The molecule has 0 aliphatic carbocycles. The van der Waals surface area contributed by atoms with Gasteiger partial charge in [0, 0.05) is 0 Å². The molecule has 0 radical (unpaired) electrons. The highest BCUT2D eigenvalue weighted by atomic mass is 16.6. The van der Waals surface area contributed by atoms with Gasteiger partial charge >= 0.3 is 12.1 Å². The lowest BCUT2D eigenvalue weighted by molar-refractivity contribution is -0.142. The van der Waals surface area contributed by atoms with Crippen molar-refractivity contribution in [3.8, 4) is 0 Å². The topological polar surface area (TPSA) is 64.6 Å². The molecule has 160 valence electrons. The first-order valence-corrected chi connectivity index (χ1v) is 10.9. The van der Waals surface area contributed by atoms with E-state index in [0.717, 1.165) is 12.8 Å². The van der Waals surface area contributed by atoms with Crippen molar-refractivity contribution in [2.75, 3.05) is 19.8 Å². The van der Waals surface area contributed by atoms with Crippen molar-refractivity contribution in [2.24, 2.45) is 5.41 Å². The monoisotopic (exact) mass is 385 g/mol. The molecule has 0 bridgehead atoms. The zero-order valence-corrected chi connectivity index (χ0v) is 18.2. The Morgan fingerprint density at radius 2 is 1.22 bits per heavy atom. The highest BCUT2D eigenvalue weighted by Gasteiger charge is 2.14. The molecule has 0 aromatic carbocycles. The summed E-state index contributed by atoms with van der Waals surface area (Å²) in [6, 6.07) is 0. The average Bonchev–Trinajstić information content (AvgIpc) is 2.61. The standard InChI is InChI=1S/C22H43NO4/c1-5-6-7-8-9-10-11-12-13-14-15-16-17-26-20(24)18-23-21(25)27-19-22(2,3)4/h5-19H2,1-4H3,(H,23,25). The molecule has 0 aromatic rings. The summed E-state index contributed by atoms with van der Waals surface area (Å²) in [5, 5.41) is 2.42. The Balaban J connectivity index is 3.33. The zero-order valence-electron chi connectivity index (χ0n) is 18.2. The zero-order chi connectivity index (χ0) is 20.4. The van der Waals surface area contributed by atoms with Crippen LogP contribution in [0.3, 0.4) is 0 Å². The van der Waals surface area contributed by atoms with Gasteiger partial charge in [-0.15, -0.1) is 0 Å². The predicted octanol–water partition coefficient (Wildman–Crippen LogP) is 6.00. The molecule has 0 rings (SSSR count). The highest BCUT2D eigenvalue weighted by Crippen LogP contribution is 2.13. The third-order valence-electron chi connectivity index (χ3n) is 4.27. The summed E-state index contributed by atoms with van der Waals surface area (Å²) in [4.78, 5) is 23.0. The second kappa shape index (κ2) is 16.9. The van der Waals surface area contributed by atoms with Gasteiger partial charge in [0.05, 0.1) is 13.2 Å². The maximum absolute atomic E-state index is 11.6. The molecule has 1 N–H and O–H groups in total. The second-order valence-electron chi connectivity index (χ2n) is 8.60. The Kier molecular flexibility index (Phi) is 16.1. The highest BCUT2D eigenvalue weighted by molar-refractivity contribution is 5.77. The first kappa shape index (κ1) is 25.7. The van der Waals surface area contributed by atoms with Crippen molar-refractivity contribution in [1.82, 2.24) is 5.32 Å². The van der Waals surface area contributed by atoms with Gasteiger partial charge in [0.25, 0.3) is 0 Å². The molecule has 0 unspecified atom stereocenters. The van der Waals surface area contributed by atoms with Gasteiger partial charge in [0.2, 0.25) is 0 Å². The van der Waals surface area contributed by atoms with Crippen LogP contribution in [0, 0.1) is 5.41 Å². The van der Waals surface area contributed by atoms with Gasteiger partial charge in [-0.2, -0.15) is 0 Å². The van der Waals surface area contributed by atoms with E-state index in [2.05, 4.69) is 12.2 Å². The lowest BCUT2D eigenvalue weighted by atomic mass is 9.99. The maximum Gasteiger partial charge on any atom is 0.407 e. The van der Waals surface area contributed by atoms with E-state index in [1.165, 1.54) is 64.2 Å². The van der Waals surface area contributed by atoms with Crippen LogP contribution in [0.2, 0.25) is 0 Å². The number of alkyl carbamates (subject to hydrolysis) is 1. The van der Waals surface area contributed by atoms with E-state index in [9.17, 15) is 9.59 Å². The van der Waals surface area contributed by atoms with Crippen LogP contribution in [-0.2, 0) is 14.3 Å². The molecule has 0 saturated carbocycles. The predicted molar refractivity (Wildman–Crippen MR) is 111 cm³/mol. The van der Waals surface area contributed by atoms with Gasteiger partial charge in [-0.25, -0.2) is 4.79 Å². The van der Waals surface area contributed by atoms with Crippen LogP contribution < -0.4 is 5.32 Å². The number of hydrogen-bond donors (Lipinski definition) is 1. The molecule has 5 heteroatoms. The van der Waals surface area contributed by atoms with Crippen LogP contribution in [0.1, 0.15) is 105 Å². The molecule has 1 amide bonds. The summed E-state index contributed by atoms with van der Waals surface area (Å²) in [5.74, 6) is -0.411. The third kappa shape index (κ3) is 20.9. The normalized spacial score (nSPS) is 11.3. The van der Waals surface area contributed by atoms with Crippen molar-refractivity contribution in [3.05, 3.63) is 0 Å². The summed E-state index contributed by atoms with van der Waals surface area (Å²) in [6.45, 7) is 8.78. The Morgan fingerprint density at radius 1 is 0.741 bits per heavy atom. The number of rotatable bonds is 16. The van der Waals surface area contributed by atoms with E-state index < -0.39 is 12.1 Å². The summed E-state index contributed by atoms with van der Waals surface area (Å²) >= 11 is 0. The number of carbonyl (C=O) groups is 2. The van der Waals surface area contributed by atoms with Gasteiger partial charge in [-0.1, -0.05) is 98.3 Å². The Morgan fingerprint density at radius 3 is 1.70 bits per heavy atom. The van der Waals surface area contributed by atoms with E-state index in [-0.39, 0.29) is 12.0 Å². The van der Waals surface area contributed by atoms with Crippen LogP contribution in [-0.4, -0.2) is 31.8 Å². The van der Waals surface area contributed by atoms with Crippen LogP contribution in [0.15, 0.2) is 0 Å². The van der Waals surface area contributed by atoms with Gasteiger partial charge in [-0.05, 0) is 11.8 Å². The van der Waals surface area contributed by atoms with Crippen LogP contribution in [0.25, 0.3) is 0 Å². The Hall–Kier alpha value is -1.26. The first-order valence-electron chi connectivity index (χ1n) is 10.9. The number of carbonyl (C=O) groups excluding carboxylic acids is 2. The molecule has 27 heavy (non-hydrogen) atoms. The van der Waals surface area contributed by atoms with E-state index in [4.69, 9.17) is 9.47 Å². The quantitative estimate of drug-likeness (QED) is 0.261. The van der Waals surface area contributed by atoms with Crippen molar-refractivity contribution in [3.63, 3.8) is 0 Å². The SMILES string of the molecule is CCCCCCCCCCCCCCOC(=O)CNC(=O)OCC(C)(C)C. The summed E-state index contributed by atoms with van der Waals surface area (Å²) in [6.07, 6.45) is 14.7. The van der Waals surface area contributed by atoms with Crippen molar-refractivity contribution < 1.29 is 19.1 Å². The number of esters is 1. The van der Waals surface area contributed by atoms with Crippen LogP contribution in [0.5, 0.6) is 0 Å². The molecule has 0 atom stereocenters. The molecular formula is C22H43NO4. The second-order valence-corrected chi connectivity index (χ2v) is 8.60. The van der Waals surface area contributed by atoms with Crippen LogP contribution in [0.4, 0.5) is 4.79 Å². The van der Waals surface area contributed by atoms with E-state index >= 15 is 0 Å². The molecule has 0 heterocycles. The number of ether oxygens (including phenoxy) is 2. The van der Waals surface area contributed by atoms with E-state index in [0.29, 0.717) is 13.2 Å². The molecule has 0 aliphatic heterocycles. The fourth-order valence-electron chi connectivity index (χ4n) is 2.66. The molecule has 0 saturated heterocycles. The fraction of sp³-hybridized carbons (Fsp3) is 0.909. The molecule has 0 spiro atoms. The van der Waals surface area contributed by atoms with Gasteiger partial charge < -0.3 is 14.8 Å². The Bertz CT molecular complexity index is 377. The van der Waals surface area contributed by atoms with Crippen molar-refractivity contribution in [2.45, 2.75) is 105 Å². The van der Waals surface area contributed by atoms with E-state index in [1.807, 2.05) is 20.8 Å². The third-order valence-corrected chi connectivity index (χ3v) is 4.27. The summed E-state index contributed by atoms with van der Waals surface area (Å²) in [5.41, 5.74) is -0.0908. The average molecular weight is 386 g/mol. The number of amides is 1. The number of nitrogens with one attached hydrogen (secondary N) is 1. The molecule has 5 nitrogen and oxygen atoms in total. The fourth-order valence-corrected chi connectivity index (χ4v) is 2.66. The minimum absolute atomic E-state index is 0.0908. The van der Waals surface area contributed by atoms with Gasteiger partial charge in [0.15, 0.2) is 0 Å². The minimum Gasteiger partial charge on any atom is -0.464 e. The minimum atomic E-state index is -0.577. The number of unbranched alkanes of at least 4 members (excludes halogenated alkanes) is 11. The summed E-state index contributed by atoms with van der Waals surface area (Å²) < 4.78 is 10.1. The molecule has 0 aromatic heterocycles. The number of hydrogen-bond acceptors (Lipinski definition) is 4. The van der Waals surface area contributed by atoms with Gasteiger partial charge in [-0.3, -0.25) is 4.79 Å². The Labute approximate surface area is 167 Å². The maximum atomic E-state index is 11.6. The van der Waals surface area contributed by atoms with Crippen molar-refractivity contribution >= 4 is 12.1 Å². The van der Waals surface area contributed by atoms with Crippen LogP contribution >= 0.6 is 0 Å². The molecule has 0 fully saturated rings. The van der Waals surface area contributed by atoms with E-state index in [1.54, 1.807) is 0 Å². The lowest BCUT2D eigenvalue weighted by Crippen LogP contribution is -2.33. The molecular weight excluding hydrogens is 342 g/mol.